The van der Waals surface area contributed by atoms with E-state index in [0.717, 1.165) is 15.6 Å². The Kier molecular flexibility index (Phi) is 5.64. The maximum atomic E-state index is 12.5. The molecular weight excluding hydrogens is 399 g/mol. The van der Waals surface area contributed by atoms with E-state index in [1.54, 1.807) is 18.2 Å². The lowest BCUT2D eigenvalue weighted by atomic mass is 10.1. The highest BCUT2D eigenvalue weighted by molar-refractivity contribution is 7.21. The molecular formula is C18H13Cl3N2OS. The Balaban J connectivity index is 1.88. The van der Waals surface area contributed by atoms with E-state index in [0.29, 0.717) is 32.1 Å². The summed E-state index contributed by atoms with van der Waals surface area (Å²) in [6.07, 6.45) is 0.599. The highest BCUT2D eigenvalue weighted by atomic mass is 35.5. The van der Waals surface area contributed by atoms with Crippen molar-refractivity contribution in [2.24, 2.45) is 5.10 Å². The first-order chi connectivity index (χ1) is 12.0. The van der Waals surface area contributed by atoms with Gasteiger partial charge >= 0.3 is 0 Å². The standard InChI is InChI=1S/C18H13Cl3N2OS/c1-2-14(11-8-7-10(19)9-13(11)20)22-23-18(24)17-16(21)12-5-3-4-6-15(12)25-17/h3-9H,2H2,1H3,(H,23,24)/b22-14+. The van der Waals surface area contributed by atoms with E-state index in [1.165, 1.54) is 11.3 Å². The van der Waals surface area contributed by atoms with E-state index in [4.69, 9.17) is 34.8 Å². The zero-order chi connectivity index (χ0) is 18.0. The zero-order valence-corrected chi connectivity index (χ0v) is 16.2. The van der Waals surface area contributed by atoms with Gasteiger partial charge in [-0.1, -0.05) is 66.0 Å². The summed E-state index contributed by atoms with van der Waals surface area (Å²) in [6, 6.07) is 12.8. The van der Waals surface area contributed by atoms with Crippen LogP contribution in [0.1, 0.15) is 28.6 Å². The maximum absolute atomic E-state index is 12.5. The fraction of sp³-hybridized carbons (Fsp3) is 0.111. The van der Waals surface area contributed by atoms with Gasteiger partial charge in [0.25, 0.3) is 5.91 Å². The van der Waals surface area contributed by atoms with Crippen molar-refractivity contribution in [3.8, 4) is 0 Å². The number of nitrogens with zero attached hydrogens (tertiary/aromatic N) is 1. The molecule has 0 aliphatic carbocycles. The number of thiophene rings is 1. The fourth-order valence-electron chi connectivity index (χ4n) is 2.38. The first kappa shape index (κ1) is 18.2. The molecule has 0 spiro atoms. The van der Waals surface area contributed by atoms with Crippen molar-refractivity contribution in [3.05, 3.63) is 68.0 Å². The number of hydrazone groups is 1. The minimum Gasteiger partial charge on any atom is -0.266 e. The number of carbonyl (C=O) groups excluding carboxylic acids is 1. The van der Waals surface area contributed by atoms with Gasteiger partial charge < -0.3 is 0 Å². The largest absolute Gasteiger partial charge is 0.283 e. The first-order valence-electron chi connectivity index (χ1n) is 7.50. The molecule has 25 heavy (non-hydrogen) atoms. The summed E-state index contributed by atoms with van der Waals surface area (Å²) >= 11 is 19.8. The Bertz CT molecular complexity index is 982. The Morgan fingerprint density at radius 3 is 2.60 bits per heavy atom. The summed E-state index contributed by atoms with van der Waals surface area (Å²) < 4.78 is 0.957. The number of halogens is 3. The molecule has 0 aliphatic heterocycles. The van der Waals surface area contributed by atoms with E-state index < -0.39 is 0 Å². The molecule has 0 saturated heterocycles. The number of rotatable bonds is 4. The number of hydrogen-bond acceptors (Lipinski definition) is 3. The Morgan fingerprint density at radius 2 is 1.92 bits per heavy atom. The molecule has 0 saturated carbocycles. The second-order valence-corrected chi connectivity index (χ2v) is 7.49. The van der Waals surface area contributed by atoms with Crippen molar-refractivity contribution in [2.45, 2.75) is 13.3 Å². The summed E-state index contributed by atoms with van der Waals surface area (Å²) in [6.45, 7) is 1.93. The molecule has 0 fully saturated rings. The highest BCUT2D eigenvalue weighted by Gasteiger charge is 2.17. The Labute approximate surface area is 164 Å². The lowest BCUT2D eigenvalue weighted by molar-refractivity contribution is 0.0959. The summed E-state index contributed by atoms with van der Waals surface area (Å²) in [5.74, 6) is -0.345. The van der Waals surface area contributed by atoms with E-state index in [1.807, 2.05) is 31.2 Å². The van der Waals surface area contributed by atoms with Gasteiger partial charge in [0.2, 0.25) is 0 Å². The van der Waals surface area contributed by atoms with Gasteiger partial charge in [-0.05, 0) is 24.6 Å². The second-order valence-electron chi connectivity index (χ2n) is 5.22. The molecule has 3 rings (SSSR count). The average Bonchev–Trinajstić information content (AvgIpc) is 2.94. The summed E-state index contributed by atoms with van der Waals surface area (Å²) in [5.41, 5.74) is 3.97. The van der Waals surface area contributed by atoms with Gasteiger partial charge in [-0.25, -0.2) is 5.43 Å². The monoisotopic (exact) mass is 410 g/mol. The average molecular weight is 412 g/mol. The van der Waals surface area contributed by atoms with Gasteiger partial charge in [-0.15, -0.1) is 11.3 Å². The molecule has 0 radical (unpaired) electrons. The van der Waals surface area contributed by atoms with Crippen LogP contribution in [-0.2, 0) is 0 Å². The van der Waals surface area contributed by atoms with Gasteiger partial charge in [0, 0.05) is 20.7 Å². The van der Waals surface area contributed by atoms with Crippen LogP contribution in [0.25, 0.3) is 10.1 Å². The van der Waals surface area contributed by atoms with Gasteiger partial charge in [0.05, 0.1) is 15.8 Å². The lowest BCUT2D eigenvalue weighted by Gasteiger charge is -2.07. The molecule has 0 aliphatic rings. The van der Waals surface area contributed by atoms with Gasteiger partial charge in [0.1, 0.15) is 4.88 Å². The number of benzene rings is 2. The molecule has 1 aromatic heterocycles. The third-order valence-corrected chi connectivity index (χ3v) is 5.83. The smallest absolute Gasteiger partial charge is 0.266 e. The first-order valence-corrected chi connectivity index (χ1v) is 9.45. The van der Waals surface area contributed by atoms with Crippen molar-refractivity contribution in [3.63, 3.8) is 0 Å². The molecule has 1 N–H and O–H groups in total. The number of hydrogen-bond donors (Lipinski definition) is 1. The van der Waals surface area contributed by atoms with Crippen LogP contribution in [0, 0.1) is 0 Å². The fourth-order valence-corrected chi connectivity index (χ4v) is 4.31. The minimum atomic E-state index is -0.345. The quantitative estimate of drug-likeness (QED) is 0.391. The number of amides is 1. The highest BCUT2D eigenvalue weighted by Crippen LogP contribution is 2.35. The van der Waals surface area contributed by atoms with Crippen LogP contribution >= 0.6 is 46.1 Å². The molecule has 3 aromatic rings. The van der Waals surface area contributed by atoms with E-state index >= 15 is 0 Å². The van der Waals surface area contributed by atoms with Crippen LogP contribution < -0.4 is 5.43 Å². The van der Waals surface area contributed by atoms with Crippen molar-refractivity contribution < 1.29 is 4.79 Å². The van der Waals surface area contributed by atoms with E-state index in [2.05, 4.69) is 10.5 Å². The second kappa shape index (κ2) is 7.75. The number of fused-ring (bicyclic) bond motifs is 1. The molecule has 7 heteroatoms. The van der Waals surface area contributed by atoms with Crippen LogP contribution in [-0.4, -0.2) is 11.6 Å². The van der Waals surface area contributed by atoms with Crippen LogP contribution in [0.5, 0.6) is 0 Å². The molecule has 0 unspecified atom stereocenters. The SMILES string of the molecule is CC/C(=N\NC(=O)c1sc2ccccc2c1Cl)c1ccc(Cl)cc1Cl. The molecule has 0 bridgehead atoms. The van der Waals surface area contributed by atoms with Gasteiger partial charge in [-0.3, -0.25) is 4.79 Å². The minimum absolute atomic E-state index is 0.345. The molecule has 1 heterocycles. The van der Waals surface area contributed by atoms with Crippen molar-refractivity contribution in [2.75, 3.05) is 0 Å². The lowest BCUT2D eigenvalue weighted by Crippen LogP contribution is -2.19. The summed E-state index contributed by atoms with van der Waals surface area (Å²) in [7, 11) is 0. The predicted molar refractivity (Wildman–Crippen MR) is 108 cm³/mol. The Hall–Kier alpha value is -1.59. The van der Waals surface area contributed by atoms with Crippen LogP contribution in [0.15, 0.2) is 47.6 Å². The summed E-state index contributed by atoms with van der Waals surface area (Å²) in [5, 5.41) is 6.56. The van der Waals surface area contributed by atoms with Crippen LogP contribution in [0.2, 0.25) is 15.1 Å². The van der Waals surface area contributed by atoms with Crippen molar-refractivity contribution in [1.29, 1.82) is 0 Å². The third-order valence-electron chi connectivity index (χ3n) is 3.61. The van der Waals surface area contributed by atoms with E-state index in [-0.39, 0.29) is 5.91 Å². The normalized spacial score (nSPS) is 11.8. The maximum Gasteiger partial charge on any atom is 0.283 e. The third kappa shape index (κ3) is 3.82. The zero-order valence-electron chi connectivity index (χ0n) is 13.1. The molecule has 2 aromatic carbocycles. The molecule has 0 atom stereocenters. The number of carbonyl (C=O) groups is 1. The van der Waals surface area contributed by atoms with Gasteiger partial charge in [-0.2, -0.15) is 5.10 Å². The van der Waals surface area contributed by atoms with Crippen LogP contribution in [0.3, 0.4) is 0 Å². The Morgan fingerprint density at radius 1 is 1.16 bits per heavy atom. The van der Waals surface area contributed by atoms with Crippen molar-refractivity contribution in [1.82, 2.24) is 5.43 Å². The molecule has 3 nitrogen and oxygen atoms in total. The van der Waals surface area contributed by atoms with Crippen LogP contribution in [0.4, 0.5) is 0 Å². The van der Waals surface area contributed by atoms with Crippen molar-refractivity contribution >= 4 is 67.8 Å². The number of nitrogens with one attached hydrogen (secondary N) is 1. The topological polar surface area (TPSA) is 41.5 Å². The van der Waals surface area contributed by atoms with Gasteiger partial charge in [0.15, 0.2) is 0 Å². The predicted octanol–water partition coefficient (Wildman–Crippen LogP) is 6.41. The molecule has 128 valence electrons. The van der Waals surface area contributed by atoms with E-state index in [9.17, 15) is 4.79 Å². The molecule has 1 amide bonds. The summed E-state index contributed by atoms with van der Waals surface area (Å²) in [4.78, 5) is 12.9.